The number of nitrogens with one attached hydrogen (secondary N) is 2. The van der Waals surface area contributed by atoms with Crippen LogP contribution in [0.3, 0.4) is 0 Å². The first-order chi connectivity index (χ1) is 14.9. The highest BCUT2D eigenvalue weighted by molar-refractivity contribution is 6.39. The Morgan fingerprint density at radius 3 is 2.58 bits per heavy atom. The van der Waals surface area contributed by atoms with Gasteiger partial charge in [-0.15, -0.1) is 0 Å². The zero-order chi connectivity index (χ0) is 22.0. The predicted octanol–water partition coefficient (Wildman–Crippen LogP) is 6.48. The monoisotopic (exact) mass is 453 g/mol. The lowest BCUT2D eigenvalue weighted by molar-refractivity contribution is 0.200. The number of hydrogen-bond acceptors (Lipinski definition) is 3. The fraction of sp³-hybridized carbons (Fsp3) is 0.167. The molecule has 3 aromatic carbocycles. The van der Waals surface area contributed by atoms with Crippen LogP contribution in [-0.2, 0) is 6.42 Å². The number of carbonyl (C=O) groups is 1. The minimum absolute atomic E-state index is 0.414. The van der Waals surface area contributed by atoms with Crippen LogP contribution in [0.2, 0.25) is 10.0 Å². The lowest BCUT2D eigenvalue weighted by atomic mass is 10.0. The molecule has 0 aliphatic heterocycles. The number of hydrogen-bond donors (Lipinski definition) is 2. The van der Waals surface area contributed by atoms with E-state index in [4.69, 9.17) is 27.9 Å². The molecule has 1 heterocycles. The summed E-state index contributed by atoms with van der Waals surface area (Å²) in [5.41, 5.74) is 5.71. The van der Waals surface area contributed by atoms with Gasteiger partial charge in [-0.1, -0.05) is 53.0 Å². The number of rotatable bonds is 5. The molecule has 0 spiro atoms. The largest absolute Gasteiger partial charge is 0.412 e. The SMILES string of the molecule is Cc1ccc(CCNC(=O)Oc2ccc3nc(-c4c(Cl)cccc4Cl)[nH]c3c2)c(C)c1. The van der Waals surface area contributed by atoms with Crippen LogP contribution in [0, 0.1) is 13.8 Å². The molecule has 0 atom stereocenters. The maximum atomic E-state index is 12.2. The van der Waals surface area contributed by atoms with Gasteiger partial charge in [0.25, 0.3) is 0 Å². The molecule has 0 aliphatic rings. The third-order valence-electron chi connectivity index (χ3n) is 5.03. The number of fused-ring (bicyclic) bond motifs is 1. The highest BCUT2D eigenvalue weighted by Crippen LogP contribution is 2.34. The van der Waals surface area contributed by atoms with Crippen LogP contribution >= 0.6 is 23.2 Å². The van der Waals surface area contributed by atoms with Crippen molar-refractivity contribution in [3.05, 3.63) is 81.3 Å². The van der Waals surface area contributed by atoms with Crippen LogP contribution in [-0.4, -0.2) is 22.6 Å². The van der Waals surface area contributed by atoms with Crippen LogP contribution in [0.1, 0.15) is 16.7 Å². The second-order valence-corrected chi connectivity index (χ2v) is 8.17. The fourth-order valence-electron chi connectivity index (χ4n) is 3.46. The first-order valence-corrected chi connectivity index (χ1v) is 10.6. The number of nitrogens with zero attached hydrogens (tertiary/aromatic N) is 1. The standard InChI is InChI=1S/C24H21Cl2N3O2/c1-14-6-7-16(15(2)12-14)10-11-27-24(30)31-17-8-9-20-21(13-17)29-23(28-20)22-18(25)4-3-5-19(22)26/h3-9,12-13H,10-11H2,1-2H3,(H,27,30)(H,28,29). The van der Waals surface area contributed by atoms with Crippen molar-refractivity contribution in [3.8, 4) is 17.1 Å². The van der Waals surface area contributed by atoms with Gasteiger partial charge in [0, 0.05) is 12.6 Å². The highest BCUT2D eigenvalue weighted by atomic mass is 35.5. The molecule has 31 heavy (non-hydrogen) atoms. The molecule has 0 aliphatic carbocycles. The van der Waals surface area contributed by atoms with Crippen LogP contribution < -0.4 is 10.1 Å². The van der Waals surface area contributed by atoms with Gasteiger partial charge in [0.2, 0.25) is 0 Å². The summed E-state index contributed by atoms with van der Waals surface area (Å²) in [7, 11) is 0. The minimum atomic E-state index is -0.502. The summed E-state index contributed by atoms with van der Waals surface area (Å²) >= 11 is 12.6. The van der Waals surface area contributed by atoms with E-state index in [0.717, 1.165) is 6.42 Å². The van der Waals surface area contributed by atoms with Crippen LogP contribution in [0.4, 0.5) is 4.79 Å². The molecule has 4 aromatic rings. The molecule has 0 bridgehead atoms. The summed E-state index contributed by atoms with van der Waals surface area (Å²) in [4.78, 5) is 19.9. The molecule has 5 nitrogen and oxygen atoms in total. The molecule has 1 aromatic heterocycles. The van der Waals surface area contributed by atoms with Crippen LogP contribution in [0.5, 0.6) is 5.75 Å². The number of H-pyrrole nitrogens is 1. The van der Waals surface area contributed by atoms with Crippen molar-refractivity contribution in [1.29, 1.82) is 0 Å². The summed E-state index contributed by atoms with van der Waals surface area (Å²) in [6, 6.07) is 16.8. The maximum Gasteiger partial charge on any atom is 0.412 e. The Kier molecular flexibility index (Phi) is 6.16. The molecule has 0 radical (unpaired) electrons. The average Bonchev–Trinajstić information content (AvgIpc) is 3.12. The van der Waals surface area contributed by atoms with E-state index in [1.807, 2.05) is 0 Å². The van der Waals surface area contributed by atoms with Crippen molar-refractivity contribution in [2.75, 3.05) is 6.54 Å². The van der Waals surface area contributed by atoms with Gasteiger partial charge < -0.3 is 15.0 Å². The zero-order valence-electron chi connectivity index (χ0n) is 17.1. The lowest BCUT2D eigenvalue weighted by Gasteiger charge is -2.09. The van der Waals surface area contributed by atoms with Crippen molar-refractivity contribution >= 4 is 40.3 Å². The molecule has 158 valence electrons. The Balaban J connectivity index is 1.42. The Bertz CT molecular complexity index is 1250. The van der Waals surface area contributed by atoms with E-state index in [-0.39, 0.29) is 0 Å². The quantitative estimate of drug-likeness (QED) is 0.363. The van der Waals surface area contributed by atoms with Crippen molar-refractivity contribution in [3.63, 3.8) is 0 Å². The van der Waals surface area contributed by atoms with Gasteiger partial charge in [-0.2, -0.15) is 0 Å². The normalized spacial score (nSPS) is 11.0. The van der Waals surface area contributed by atoms with E-state index < -0.39 is 6.09 Å². The van der Waals surface area contributed by atoms with Gasteiger partial charge in [0.15, 0.2) is 0 Å². The van der Waals surface area contributed by atoms with Crippen molar-refractivity contribution < 1.29 is 9.53 Å². The number of benzene rings is 3. The smallest absolute Gasteiger partial charge is 0.410 e. The summed E-state index contributed by atoms with van der Waals surface area (Å²) < 4.78 is 5.42. The summed E-state index contributed by atoms with van der Waals surface area (Å²) in [6.45, 7) is 4.63. The second-order valence-electron chi connectivity index (χ2n) is 7.36. The maximum absolute atomic E-state index is 12.2. The first-order valence-electron chi connectivity index (χ1n) is 9.86. The number of aromatic amines is 1. The Labute approximate surface area is 190 Å². The summed E-state index contributed by atoms with van der Waals surface area (Å²) in [5.74, 6) is 0.970. The molecule has 2 N–H and O–H groups in total. The van der Waals surface area contributed by atoms with Crippen LogP contribution in [0.15, 0.2) is 54.6 Å². The number of imidazole rings is 1. The van der Waals surface area contributed by atoms with Gasteiger partial charge in [-0.05, 0) is 55.7 Å². The number of ether oxygens (including phenoxy) is 1. The predicted molar refractivity (Wildman–Crippen MR) is 125 cm³/mol. The third kappa shape index (κ3) is 4.84. The van der Waals surface area contributed by atoms with Gasteiger partial charge in [-0.3, -0.25) is 0 Å². The van der Waals surface area contributed by atoms with E-state index in [1.165, 1.54) is 16.7 Å². The van der Waals surface area contributed by atoms with Gasteiger partial charge in [0.1, 0.15) is 11.6 Å². The molecule has 0 fully saturated rings. The molecular weight excluding hydrogens is 433 g/mol. The van der Waals surface area contributed by atoms with E-state index in [1.54, 1.807) is 36.4 Å². The molecule has 0 saturated heterocycles. The van der Waals surface area contributed by atoms with E-state index in [0.29, 0.717) is 44.8 Å². The Morgan fingerprint density at radius 1 is 1.06 bits per heavy atom. The van der Waals surface area contributed by atoms with E-state index in [2.05, 4.69) is 47.3 Å². The summed E-state index contributed by atoms with van der Waals surface area (Å²) in [5, 5.41) is 3.81. The van der Waals surface area contributed by atoms with Gasteiger partial charge in [-0.25, -0.2) is 9.78 Å². The van der Waals surface area contributed by atoms with E-state index in [9.17, 15) is 4.79 Å². The highest BCUT2D eigenvalue weighted by Gasteiger charge is 2.14. The Hall–Kier alpha value is -3.02. The number of amides is 1. The number of aromatic nitrogens is 2. The average molecular weight is 454 g/mol. The topological polar surface area (TPSA) is 67.0 Å². The van der Waals surface area contributed by atoms with Crippen molar-refractivity contribution in [2.45, 2.75) is 20.3 Å². The molecule has 0 unspecified atom stereocenters. The molecule has 1 amide bonds. The molecule has 0 saturated carbocycles. The third-order valence-corrected chi connectivity index (χ3v) is 5.66. The fourth-order valence-corrected chi connectivity index (χ4v) is 4.04. The van der Waals surface area contributed by atoms with Crippen molar-refractivity contribution in [1.82, 2.24) is 15.3 Å². The minimum Gasteiger partial charge on any atom is -0.410 e. The molecule has 4 rings (SSSR count). The molecule has 7 heteroatoms. The van der Waals surface area contributed by atoms with Gasteiger partial charge >= 0.3 is 6.09 Å². The number of aryl methyl sites for hydroxylation is 2. The Morgan fingerprint density at radius 2 is 1.84 bits per heavy atom. The molecular formula is C24H21Cl2N3O2. The van der Waals surface area contributed by atoms with Crippen molar-refractivity contribution in [2.24, 2.45) is 0 Å². The zero-order valence-corrected chi connectivity index (χ0v) is 18.6. The number of halogens is 2. The summed E-state index contributed by atoms with van der Waals surface area (Å²) in [6.07, 6.45) is 0.237. The van der Waals surface area contributed by atoms with Gasteiger partial charge in [0.05, 0.1) is 26.6 Å². The van der Waals surface area contributed by atoms with E-state index >= 15 is 0 Å². The first kappa shape index (κ1) is 21.2. The second kappa shape index (κ2) is 9.00. The van der Waals surface area contributed by atoms with Crippen LogP contribution in [0.25, 0.3) is 22.4 Å². The number of carbonyl (C=O) groups excluding carboxylic acids is 1. The lowest BCUT2D eigenvalue weighted by Crippen LogP contribution is -2.28.